The first-order valence-electron chi connectivity index (χ1n) is 4.17. The van der Waals surface area contributed by atoms with Gasteiger partial charge >= 0.3 is 0 Å². The van der Waals surface area contributed by atoms with Crippen LogP contribution in [-0.4, -0.2) is 5.91 Å². The number of carbonyl (C=O) groups is 1. The predicted molar refractivity (Wildman–Crippen MR) is 55.2 cm³/mol. The van der Waals surface area contributed by atoms with Gasteiger partial charge in [-0.3, -0.25) is 4.79 Å². The van der Waals surface area contributed by atoms with E-state index in [1.165, 1.54) is 19.1 Å². The number of hydrogen-bond donors (Lipinski definition) is 1. The van der Waals surface area contributed by atoms with Gasteiger partial charge in [0, 0.05) is 13.5 Å². The summed E-state index contributed by atoms with van der Waals surface area (Å²) >= 11 is 0. The molecule has 1 aromatic rings. The first-order chi connectivity index (χ1) is 6.68. The van der Waals surface area contributed by atoms with Crippen molar-refractivity contribution in [1.82, 2.24) is 5.32 Å². The van der Waals surface area contributed by atoms with Crippen molar-refractivity contribution >= 4 is 5.91 Å². The average molecular weight is 195 g/mol. The van der Waals surface area contributed by atoms with E-state index in [-0.39, 0.29) is 11.7 Å². The van der Waals surface area contributed by atoms with E-state index in [9.17, 15) is 9.18 Å². The van der Waals surface area contributed by atoms with E-state index in [0.29, 0.717) is 6.54 Å². The number of benzene rings is 1. The van der Waals surface area contributed by atoms with Crippen molar-refractivity contribution in [2.24, 2.45) is 0 Å². The Bertz CT molecular complexity index is 282. The molecule has 0 unspecified atom stereocenters. The van der Waals surface area contributed by atoms with Crippen LogP contribution in [0.1, 0.15) is 12.5 Å². The number of carbonyl (C=O) groups excluding carboxylic acids is 1. The summed E-state index contributed by atoms with van der Waals surface area (Å²) in [7, 11) is 0. The lowest BCUT2D eigenvalue weighted by Crippen LogP contribution is -2.18. The Kier molecular flexibility index (Phi) is 6.03. The Morgan fingerprint density at radius 1 is 1.36 bits per heavy atom. The fourth-order valence-electron chi connectivity index (χ4n) is 0.829. The molecule has 14 heavy (non-hydrogen) atoms. The maximum Gasteiger partial charge on any atom is 0.217 e. The third-order valence-corrected chi connectivity index (χ3v) is 1.45. The van der Waals surface area contributed by atoms with Crippen molar-refractivity contribution in [3.05, 3.63) is 48.8 Å². The lowest BCUT2D eigenvalue weighted by atomic mass is 10.2. The second-order valence-corrected chi connectivity index (χ2v) is 2.54. The molecule has 0 aliphatic carbocycles. The van der Waals surface area contributed by atoms with E-state index in [1.54, 1.807) is 12.1 Å². The van der Waals surface area contributed by atoms with Crippen LogP contribution < -0.4 is 5.32 Å². The summed E-state index contributed by atoms with van der Waals surface area (Å²) in [5.74, 6) is -0.346. The Hall–Kier alpha value is -1.64. The SMILES string of the molecule is C=C.CC(=O)NCc1ccc(F)cc1. The number of nitrogens with one attached hydrogen (secondary N) is 1. The molecule has 76 valence electrons. The van der Waals surface area contributed by atoms with Crippen LogP contribution in [0, 0.1) is 5.82 Å². The highest BCUT2D eigenvalue weighted by Gasteiger charge is 1.94. The summed E-state index contributed by atoms with van der Waals surface area (Å²) in [4.78, 5) is 10.5. The van der Waals surface area contributed by atoms with E-state index in [0.717, 1.165) is 5.56 Å². The second kappa shape index (κ2) is 6.83. The molecule has 0 atom stereocenters. The van der Waals surface area contributed by atoms with Gasteiger partial charge < -0.3 is 5.32 Å². The van der Waals surface area contributed by atoms with Crippen molar-refractivity contribution in [2.75, 3.05) is 0 Å². The minimum atomic E-state index is -0.262. The summed E-state index contributed by atoms with van der Waals surface area (Å²) < 4.78 is 12.4. The number of rotatable bonds is 2. The molecule has 0 saturated carbocycles. The molecule has 0 aliphatic rings. The van der Waals surface area contributed by atoms with E-state index < -0.39 is 0 Å². The summed E-state index contributed by atoms with van der Waals surface area (Å²) in [6.07, 6.45) is 0. The van der Waals surface area contributed by atoms with Crippen LogP contribution in [0.3, 0.4) is 0 Å². The van der Waals surface area contributed by atoms with Crippen LogP contribution >= 0.6 is 0 Å². The van der Waals surface area contributed by atoms with Crippen molar-refractivity contribution in [2.45, 2.75) is 13.5 Å². The minimum Gasteiger partial charge on any atom is -0.352 e. The van der Waals surface area contributed by atoms with Gasteiger partial charge in [-0.25, -0.2) is 4.39 Å². The molecule has 2 nitrogen and oxygen atoms in total. The first kappa shape index (κ1) is 12.4. The topological polar surface area (TPSA) is 29.1 Å². The van der Waals surface area contributed by atoms with Gasteiger partial charge in [-0.15, -0.1) is 13.2 Å². The Labute approximate surface area is 83.4 Å². The molecule has 0 spiro atoms. The molecule has 1 N–H and O–H groups in total. The highest BCUT2D eigenvalue weighted by atomic mass is 19.1. The van der Waals surface area contributed by atoms with Crippen LogP contribution in [0.2, 0.25) is 0 Å². The second-order valence-electron chi connectivity index (χ2n) is 2.54. The van der Waals surface area contributed by atoms with Crippen molar-refractivity contribution < 1.29 is 9.18 Å². The molecule has 0 fully saturated rings. The molecule has 1 amide bonds. The normalized spacial score (nSPS) is 8.43. The Balaban J connectivity index is 0.000000791. The monoisotopic (exact) mass is 195 g/mol. The molecular weight excluding hydrogens is 181 g/mol. The lowest BCUT2D eigenvalue weighted by Gasteiger charge is -2.00. The van der Waals surface area contributed by atoms with Crippen LogP contribution in [0.5, 0.6) is 0 Å². The highest BCUT2D eigenvalue weighted by molar-refractivity contribution is 5.72. The Morgan fingerprint density at radius 2 is 1.86 bits per heavy atom. The number of amides is 1. The zero-order valence-electron chi connectivity index (χ0n) is 8.22. The van der Waals surface area contributed by atoms with E-state index >= 15 is 0 Å². The predicted octanol–water partition coefficient (Wildman–Crippen LogP) is 2.26. The van der Waals surface area contributed by atoms with Crippen molar-refractivity contribution in [1.29, 1.82) is 0 Å². The smallest absolute Gasteiger partial charge is 0.217 e. The Morgan fingerprint density at radius 3 is 2.29 bits per heavy atom. The van der Waals surface area contributed by atoms with E-state index in [4.69, 9.17) is 0 Å². The molecule has 0 heterocycles. The quantitative estimate of drug-likeness (QED) is 0.720. The lowest BCUT2D eigenvalue weighted by molar-refractivity contribution is -0.119. The molecule has 0 aliphatic heterocycles. The fourth-order valence-corrected chi connectivity index (χ4v) is 0.829. The van der Waals surface area contributed by atoms with Crippen LogP contribution in [0.4, 0.5) is 4.39 Å². The van der Waals surface area contributed by atoms with Crippen LogP contribution in [0.15, 0.2) is 37.4 Å². The van der Waals surface area contributed by atoms with Gasteiger partial charge in [-0.1, -0.05) is 12.1 Å². The molecule has 0 saturated heterocycles. The molecule has 0 radical (unpaired) electrons. The molecule has 0 aromatic heterocycles. The molecule has 3 heteroatoms. The van der Waals surface area contributed by atoms with Gasteiger partial charge in [0.15, 0.2) is 0 Å². The molecule has 0 bridgehead atoms. The van der Waals surface area contributed by atoms with Crippen LogP contribution in [0.25, 0.3) is 0 Å². The molecule has 1 rings (SSSR count). The van der Waals surface area contributed by atoms with Crippen molar-refractivity contribution in [3.63, 3.8) is 0 Å². The van der Waals surface area contributed by atoms with Gasteiger partial charge in [0.1, 0.15) is 5.82 Å². The highest BCUT2D eigenvalue weighted by Crippen LogP contribution is 2.01. The fraction of sp³-hybridized carbons (Fsp3) is 0.182. The maximum absolute atomic E-state index is 12.4. The van der Waals surface area contributed by atoms with Crippen molar-refractivity contribution in [3.8, 4) is 0 Å². The minimum absolute atomic E-state index is 0.0840. The third-order valence-electron chi connectivity index (χ3n) is 1.45. The molecular formula is C11H14FNO. The van der Waals surface area contributed by atoms with E-state index in [2.05, 4.69) is 18.5 Å². The standard InChI is InChI=1S/C9H10FNO.C2H4/c1-7(12)11-6-8-2-4-9(10)5-3-8;1-2/h2-5H,6H2,1H3,(H,11,12);1-2H2. The first-order valence-corrected chi connectivity index (χ1v) is 4.17. The third kappa shape index (κ3) is 5.09. The van der Waals surface area contributed by atoms with E-state index in [1.807, 2.05) is 0 Å². The largest absolute Gasteiger partial charge is 0.352 e. The van der Waals surface area contributed by atoms with Gasteiger partial charge in [-0.2, -0.15) is 0 Å². The summed E-state index contributed by atoms with van der Waals surface area (Å²) in [5, 5.41) is 2.62. The molecule has 1 aromatic carbocycles. The summed E-state index contributed by atoms with van der Waals surface area (Å²) in [6.45, 7) is 7.90. The zero-order valence-corrected chi connectivity index (χ0v) is 8.22. The van der Waals surface area contributed by atoms with Gasteiger partial charge in [0.05, 0.1) is 0 Å². The number of halogens is 1. The zero-order chi connectivity index (χ0) is 11.0. The summed E-state index contributed by atoms with van der Waals surface area (Å²) in [5.41, 5.74) is 0.895. The average Bonchev–Trinajstić information content (AvgIpc) is 2.20. The number of hydrogen-bond acceptors (Lipinski definition) is 1. The summed E-state index contributed by atoms with van der Waals surface area (Å²) in [6, 6.07) is 6.03. The van der Waals surface area contributed by atoms with Gasteiger partial charge in [0.2, 0.25) is 5.91 Å². The van der Waals surface area contributed by atoms with Crippen LogP contribution in [-0.2, 0) is 11.3 Å². The maximum atomic E-state index is 12.4. The van der Waals surface area contributed by atoms with Gasteiger partial charge in [-0.05, 0) is 17.7 Å². The van der Waals surface area contributed by atoms with Gasteiger partial charge in [0.25, 0.3) is 0 Å².